The van der Waals surface area contributed by atoms with Gasteiger partial charge in [-0.1, -0.05) is 102 Å². The molecule has 0 saturated heterocycles. The van der Waals surface area contributed by atoms with E-state index in [0.717, 1.165) is 27.9 Å². The largest absolute Gasteiger partial charge is 0.322 e. The third-order valence-corrected chi connectivity index (χ3v) is 5.74. The number of rotatable bonds is 5. The molecule has 4 rings (SSSR count). The second-order valence-corrected chi connectivity index (χ2v) is 7.60. The molecule has 0 unspecified atom stereocenters. The zero-order valence-corrected chi connectivity index (χ0v) is 16.4. The maximum absolute atomic E-state index is 5.01. The number of hydrogen-bond donors (Lipinski definition) is 0. The van der Waals surface area contributed by atoms with E-state index >= 15 is 0 Å². The van der Waals surface area contributed by atoms with Gasteiger partial charge in [0.05, 0.1) is 11.4 Å². The van der Waals surface area contributed by atoms with Gasteiger partial charge in [0.2, 0.25) is 0 Å². The second-order valence-electron chi connectivity index (χ2n) is 6.66. The summed E-state index contributed by atoms with van der Waals surface area (Å²) in [6, 6.07) is 29.7. The van der Waals surface area contributed by atoms with Crippen LogP contribution in [0.2, 0.25) is 0 Å². The Morgan fingerprint density at radius 3 is 2.00 bits per heavy atom. The molecule has 134 valence electrons. The van der Waals surface area contributed by atoms with Crippen molar-refractivity contribution in [2.75, 3.05) is 0 Å². The van der Waals surface area contributed by atoms with Crippen LogP contribution >= 0.6 is 11.8 Å². The highest BCUT2D eigenvalue weighted by molar-refractivity contribution is 7.98. The van der Waals surface area contributed by atoms with Gasteiger partial charge in [-0.05, 0) is 12.5 Å². The molecular formula is C24H22N2S. The van der Waals surface area contributed by atoms with Gasteiger partial charge in [0.25, 0.3) is 0 Å². The third-order valence-electron chi connectivity index (χ3n) is 4.64. The summed E-state index contributed by atoms with van der Waals surface area (Å²) in [6.07, 6.45) is 0. The van der Waals surface area contributed by atoms with Crippen molar-refractivity contribution in [3.63, 3.8) is 0 Å². The maximum Gasteiger partial charge on any atom is 0.169 e. The number of thioether (sulfide) groups is 1. The fourth-order valence-electron chi connectivity index (χ4n) is 3.16. The summed E-state index contributed by atoms with van der Waals surface area (Å²) in [5, 5.41) is 1.04. The minimum Gasteiger partial charge on any atom is -0.322 e. The Hall–Kier alpha value is -2.78. The molecule has 0 atom stereocenters. The van der Waals surface area contributed by atoms with E-state index in [1.807, 2.05) is 6.07 Å². The molecule has 4 aromatic rings. The van der Waals surface area contributed by atoms with Gasteiger partial charge in [-0.25, -0.2) is 4.98 Å². The molecule has 0 bridgehead atoms. The summed E-state index contributed by atoms with van der Waals surface area (Å²) < 4.78 is 2.22. The first-order valence-corrected chi connectivity index (χ1v) is 10.1. The Morgan fingerprint density at radius 2 is 1.37 bits per heavy atom. The predicted molar refractivity (Wildman–Crippen MR) is 115 cm³/mol. The van der Waals surface area contributed by atoms with Crippen LogP contribution in [-0.4, -0.2) is 9.55 Å². The zero-order chi connectivity index (χ0) is 18.6. The van der Waals surface area contributed by atoms with Gasteiger partial charge in [-0.2, -0.15) is 0 Å². The van der Waals surface area contributed by atoms with Crippen molar-refractivity contribution in [1.29, 1.82) is 0 Å². The monoisotopic (exact) mass is 370 g/mol. The van der Waals surface area contributed by atoms with Crippen molar-refractivity contribution in [3.8, 4) is 22.5 Å². The number of imidazole rings is 1. The highest BCUT2D eigenvalue weighted by atomic mass is 32.2. The summed E-state index contributed by atoms with van der Waals surface area (Å²) in [7, 11) is 2.11. The van der Waals surface area contributed by atoms with E-state index in [2.05, 4.69) is 97.4 Å². The normalized spacial score (nSPS) is 10.9. The number of aromatic nitrogens is 2. The van der Waals surface area contributed by atoms with E-state index in [1.165, 1.54) is 16.7 Å². The van der Waals surface area contributed by atoms with Gasteiger partial charge in [-0.15, -0.1) is 0 Å². The predicted octanol–water partition coefficient (Wildman–Crippen LogP) is 6.35. The Labute approximate surface area is 164 Å². The Kier molecular flexibility index (Phi) is 5.12. The molecule has 0 saturated carbocycles. The third kappa shape index (κ3) is 3.83. The summed E-state index contributed by atoms with van der Waals surface area (Å²) in [6.45, 7) is 2.12. The minimum absolute atomic E-state index is 0.910. The van der Waals surface area contributed by atoms with Crippen molar-refractivity contribution < 1.29 is 0 Å². The molecule has 2 nitrogen and oxygen atoms in total. The highest BCUT2D eigenvalue weighted by Crippen LogP contribution is 2.35. The average Bonchev–Trinajstić information content (AvgIpc) is 3.05. The van der Waals surface area contributed by atoms with Crippen LogP contribution in [0.1, 0.15) is 11.1 Å². The number of benzene rings is 3. The van der Waals surface area contributed by atoms with Crippen LogP contribution in [0.5, 0.6) is 0 Å². The second kappa shape index (κ2) is 7.85. The molecule has 0 aliphatic rings. The van der Waals surface area contributed by atoms with E-state index in [-0.39, 0.29) is 0 Å². The van der Waals surface area contributed by atoms with Crippen molar-refractivity contribution in [2.24, 2.45) is 7.05 Å². The number of nitrogens with zero attached hydrogens (tertiary/aromatic N) is 2. The van der Waals surface area contributed by atoms with E-state index in [9.17, 15) is 0 Å². The van der Waals surface area contributed by atoms with Crippen LogP contribution in [0.25, 0.3) is 22.5 Å². The first-order valence-electron chi connectivity index (χ1n) is 9.08. The topological polar surface area (TPSA) is 17.8 Å². The van der Waals surface area contributed by atoms with Crippen molar-refractivity contribution in [3.05, 3.63) is 96.1 Å². The number of hydrogen-bond acceptors (Lipinski definition) is 2. The summed E-state index contributed by atoms with van der Waals surface area (Å²) in [5.41, 5.74) is 7.14. The molecular weight excluding hydrogens is 348 g/mol. The van der Waals surface area contributed by atoms with Gasteiger partial charge in [0.1, 0.15) is 0 Å². The Morgan fingerprint density at radius 1 is 0.778 bits per heavy atom. The fraction of sp³-hybridized carbons (Fsp3) is 0.125. The zero-order valence-electron chi connectivity index (χ0n) is 15.6. The van der Waals surface area contributed by atoms with Crippen LogP contribution < -0.4 is 0 Å². The molecule has 1 heterocycles. The SMILES string of the molecule is Cc1ccc(CSc2nc(-c3ccccc3)c(-c3ccccc3)n2C)cc1. The number of aryl methyl sites for hydroxylation is 1. The quantitative estimate of drug-likeness (QED) is 0.381. The molecule has 3 aromatic carbocycles. The van der Waals surface area contributed by atoms with E-state index in [0.29, 0.717) is 0 Å². The standard InChI is InChI=1S/C24H22N2S/c1-18-13-15-19(16-14-18)17-27-24-25-22(20-9-5-3-6-10-20)23(26(24)2)21-11-7-4-8-12-21/h3-16H,17H2,1-2H3. The first kappa shape index (κ1) is 17.6. The lowest BCUT2D eigenvalue weighted by Gasteiger charge is -2.08. The average molecular weight is 371 g/mol. The molecule has 0 aliphatic carbocycles. The minimum atomic E-state index is 0.910. The van der Waals surface area contributed by atoms with Crippen molar-refractivity contribution >= 4 is 11.8 Å². The van der Waals surface area contributed by atoms with Gasteiger partial charge < -0.3 is 4.57 Å². The lowest BCUT2D eigenvalue weighted by atomic mass is 10.1. The van der Waals surface area contributed by atoms with Crippen LogP contribution in [0.3, 0.4) is 0 Å². The smallest absolute Gasteiger partial charge is 0.169 e. The summed E-state index contributed by atoms with van der Waals surface area (Å²) >= 11 is 1.78. The van der Waals surface area contributed by atoms with Crippen LogP contribution in [0, 0.1) is 6.92 Å². The Balaban J connectivity index is 1.72. The molecule has 27 heavy (non-hydrogen) atoms. The van der Waals surface area contributed by atoms with E-state index < -0.39 is 0 Å². The van der Waals surface area contributed by atoms with E-state index in [4.69, 9.17) is 4.98 Å². The fourth-order valence-corrected chi connectivity index (χ4v) is 4.09. The Bertz CT molecular complexity index is 1020. The molecule has 0 fully saturated rings. The lowest BCUT2D eigenvalue weighted by Crippen LogP contribution is -1.95. The molecule has 0 radical (unpaired) electrons. The summed E-state index contributed by atoms with van der Waals surface area (Å²) in [4.78, 5) is 5.01. The van der Waals surface area contributed by atoms with Gasteiger partial charge in [0.15, 0.2) is 5.16 Å². The van der Waals surface area contributed by atoms with Crippen LogP contribution in [0.15, 0.2) is 90.1 Å². The highest BCUT2D eigenvalue weighted by Gasteiger charge is 2.18. The van der Waals surface area contributed by atoms with Crippen LogP contribution in [-0.2, 0) is 12.8 Å². The summed E-state index contributed by atoms with van der Waals surface area (Å²) in [5.74, 6) is 0.910. The first-order chi connectivity index (χ1) is 13.2. The maximum atomic E-state index is 5.01. The molecule has 0 N–H and O–H groups in total. The molecule has 0 aliphatic heterocycles. The van der Waals surface area contributed by atoms with Gasteiger partial charge in [-0.3, -0.25) is 0 Å². The molecule has 0 spiro atoms. The van der Waals surface area contributed by atoms with Crippen LogP contribution in [0.4, 0.5) is 0 Å². The van der Waals surface area contributed by atoms with Gasteiger partial charge >= 0.3 is 0 Å². The van der Waals surface area contributed by atoms with Crippen molar-refractivity contribution in [1.82, 2.24) is 9.55 Å². The van der Waals surface area contributed by atoms with Crippen molar-refractivity contribution in [2.45, 2.75) is 17.8 Å². The van der Waals surface area contributed by atoms with E-state index in [1.54, 1.807) is 11.8 Å². The lowest BCUT2D eigenvalue weighted by molar-refractivity contribution is 0.796. The van der Waals surface area contributed by atoms with Gasteiger partial charge in [0, 0.05) is 23.9 Å². The molecule has 3 heteroatoms. The molecule has 0 amide bonds. The molecule has 1 aromatic heterocycles.